The molecule has 0 saturated carbocycles. The minimum Gasteiger partial charge on any atom is -0.464 e. The topological polar surface area (TPSA) is 181 Å². The lowest BCUT2D eigenvalue weighted by Crippen LogP contribution is -2.55. The second-order valence-electron chi connectivity index (χ2n) is 5.02. The number of nitrogens with two attached hydrogens (primary N) is 4. The summed E-state index contributed by atoms with van der Waals surface area (Å²) in [6.45, 7) is 0.350. The Morgan fingerprint density at radius 1 is 1.20 bits per heavy atom. The van der Waals surface area contributed by atoms with E-state index in [-0.39, 0.29) is 56.2 Å². The summed E-state index contributed by atoms with van der Waals surface area (Å²) in [6.07, 6.45) is -2.78. The minimum absolute atomic E-state index is 0. The molecular weight excluding hydrogens is 362 g/mol. The van der Waals surface area contributed by atoms with Crippen LogP contribution in [0.15, 0.2) is 0 Å². The highest BCUT2D eigenvalue weighted by Gasteiger charge is 2.44. The van der Waals surface area contributed by atoms with E-state index in [4.69, 9.17) is 27.7 Å². The molecule has 0 spiro atoms. The van der Waals surface area contributed by atoms with Crippen LogP contribution >= 0.6 is 12.4 Å². The van der Waals surface area contributed by atoms with Crippen molar-refractivity contribution in [1.82, 2.24) is 15.0 Å². The predicted molar refractivity (Wildman–Crippen MR) is 91.2 cm³/mol. The molecule has 1 aromatic heterocycles. The van der Waals surface area contributed by atoms with Gasteiger partial charge in [0, 0.05) is 6.54 Å². The first-order valence-corrected chi connectivity index (χ1v) is 7.25. The molecule has 0 saturated heterocycles. The van der Waals surface area contributed by atoms with Crippen molar-refractivity contribution in [2.75, 3.05) is 36.5 Å². The molecule has 0 bridgehead atoms. The molecule has 1 atom stereocenters. The Balaban J connectivity index is 0.00000576. The standard InChI is InChI=1S/C12H22F2N8O2.ClH/c13-7(14)12(18,3-1-4-15)8(23)24-6-2-5-19-11-21-9(16)20-10(17)22-11;/h7H,1-6,15,18H2,(H5,16,17,19,20,21,22);1H. The average Bonchev–Trinajstić information content (AvgIpc) is 2.50. The summed E-state index contributed by atoms with van der Waals surface area (Å²) in [5.41, 5.74) is 19.2. The summed E-state index contributed by atoms with van der Waals surface area (Å²) in [6, 6.07) is 0. The maximum atomic E-state index is 13.0. The number of hydrogen-bond donors (Lipinski definition) is 5. The molecule has 0 aliphatic carbocycles. The van der Waals surface area contributed by atoms with E-state index in [2.05, 4.69) is 20.3 Å². The zero-order valence-corrected chi connectivity index (χ0v) is 14.3. The molecule has 0 fully saturated rings. The van der Waals surface area contributed by atoms with Crippen LogP contribution in [-0.4, -0.2) is 52.6 Å². The zero-order valence-electron chi connectivity index (χ0n) is 13.5. The zero-order chi connectivity index (χ0) is 18.2. The third-order valence-electron chi connectivity index (χ3n) is 3.07. The number of esters is 1. The first-order chi connectivity index (χ1) is 11.3. The molecule has 0 radical (unpaired) electrons. The Morgan fingerprint density at radius 3 is 2.32 bits per heavy atom. The number of halogens is 3. The van der Waals surface area contributed by atoms with E-state index >= 15 is 0 Å². The summed E-state index contributed by atoms with van der Waals surface area (Å²) < 4.78 is 30.8. The van der Waals surface area contributed by atoms with Gasteiger partial charge in [0.25, 0.3) is 6.43 Å². The molecule has 1 unspecified atom stereocenters. The smallest absolute Gasteiger partial charge is 0.332 e. The van der Waals surface area contributed by atoms with E-state index < -0.39 is 17.9 Å². The molecule has 0 aliphatic rings. The number of hydrogen-bond acceptors (Lipinski definition) is 10. The van der Waals surface area contributed by atoms with Gasteiger partial charge in [-0.25, -0.2) is 13.6 Å². The van der Waals surface area contributed by atoms with Crippen LogP contribution in [0.1, 0.15) is 19.3 Å². The quantitative estimate of drug-likeness (QED) is 0.260. The van der Waals surface area contributed by atoms with Crippen LogP contribution in [0.5, 0.6) is 0 Å². The van der Waals surface area contributed by atoms with Crippen molar-refractivity contribution >= 4 is 36.2 Å². The summed E-state index contributed by atoms with van der Waals surface area (Å²) in [7, 11) is 0. The van der Waals surface area contributed by atoms with E-state index in [0.29, 0.717) is 13.0 Å². The first kappa shape index (κ1) is 22.9. The van der Waals surface area contributed by atoms with E-state index in [1.54, 1.807) is 0 Å². The predicted octanol–water partition coefficient (Wildman–Crippen LogP) is -0.495. The maximum Gasteiger partial charge on any atom is 0.332 e. The van der Waals surface area contributed by atoms with Gasteiger partial charge in [0.15, 0.2) is 5.54 Å². The highest BCUT2D eigenvalue weighted by molar-refractivity contribution is 5.85. The van der Waals surface area contributed by atoms with Crippen molar-refractivity contribution < 1.29 is 18.3 Å². The highest BCUT2D eigenvalue weighted by Crippen LogP contribution is 2.20. The van der Waals surface area contributed by atoms with Gasteiger partial charge in [-0.05, 0) is 25.8 Å². The lowest BCUT2D eigenvalue weighted by atomic mass is 9.95. The number of rotatable bonds is 10. The summed E-state index contributed by atoms with van der Waals surface area (Å²) in [5.74, 6) is -1.07. The fourth-order valence-electron chi connectivity index (χ4n) is 1.75. The fourth-order valence-corrected chi connectivity index (χ4v) is 1.75. The van der Waals surface area contributed by atoms with Gasteiger partial charge in [-0.2, -0.15) is 15.0 Å². The molecule has 0 aromatic carbocycles. The van der Waals surface area contributed by atoms with Crippen molar-refractivity contribution in [3.8, 4) is 0 Å². The molecule has 1 aromatic rings. The molecule has 1 heterocycles. The van der Waals surface area contributed by atoms with Gasteiger partial charge in [-0.3, -0.25) is 0 Å². The van der Waals surface area contributed by atoms with Gasteiger partial charge in [0.05, 0.1) is 6.61 Å². The lowest BCUT2D eigenvalue weighted by Gasteiger charge is -2.26. The van der Waals surface area contributed by atoms with Crippen molar-refractivity contribution in [2.24, 2.45) is 11.5 Å². The molecule has 0 aliphatic heterocycles. The van der Waals surface area contributed by atoms with Crippen LogP contribution < -0.4 is 28.3 Å². The summed E-state index contributed by atoms with van der Waals surface area (Å²) in [4.78, 5) is 23.0. The number of carbonyl (C=O) groups is 1. The van der Waals surface area contributed by atoms with Crippen molar-refractivity contribution in [1.29, 1.82) is 0 Å². The number of ether oxygens (including phenoxy) is 1. The summed E-state index contributed by atoms with van der Waals surface area (Å²) >= 11 is 0. The molecule has 1 rings (SSSR count). The largest absolute Gasteiger partial charge is 0.464 e. The van der Waals surface area contributed by atoms with Crippen LogP contribution in [0.4, 0.5) is 26.6 Å². The second kappa shape index (κ2) is 10.7. The molecule has 0 amide bonds. The molecule has 10 nitrogen and oxygen atoms in total. The van der Waals surface area contributed by atoms with E-state index in [1.165, 1.54) is 0 Å². The molecule has 25 heavy (non-hydrogen) atoms. The Bertz CT molecular complexity index is 534. The third kappa shape index (κ3) is 7.15. The highest BCUT2D eigenvalue weighted by atomic mass is 35.5. The first-order valence-electron chi connectivity index (χ1n) is 7.25. The Hall–Kier alpha value is -2.05. The van der Waals surface area contributed by atoms with Gasteiger partial charge in [0.2, 0.25) is 17.8 Å². The third-order valence-corrected chi connectivity index (χ3v) is 3.07. The molecule has 9 N–H and O–H groups in total. The Labute approximate surface area is 149 Å². The summed E-state index contributed by atoms with van der Waals surface area (Å²) in [5, 5.41) is 2.79. The van der Waals surface area contributed by atoms with Crippen molar-refractivity contribution in [3.05, 3.63) is 0 Å². The average molecular weight is 385 g/mol. The number of aromatic nitrogens is 3. The second-order valence-corrected chi connectivity index (χ2v) is 5.02. The number of nitrogen functional groups attached to an aromatic ring is 2. The van der Waals surface area contributed by atoms with Gasteiger partial charge in [-0.15, -0.1) is 12.4 Å². The van der Waals surface area contributed by atoms with Crippen molar-refractivity contribution in [3.63, 3.8) is 0 Å². The van der Waals surface area contributed by atoms with E-state index in [1.807, 2.05) is 0 Å². The van der Waals surface area contributed by atoms with Gasteiger partial charge >= 0.3 is 5.97 Å². The van der Waals surface area contributed by atoms with Crippen LogP contribution in [0.25, 0.3) is 0 Å². The van der Waals surface area contributed by atoms with Gasteiger partial charge < -0.3 is 33.0 Å². The minimum atomic E-state index is -3.04. The number of alkyl halides is 2. The van der Waals surface area contributed by atoms with Crippen molar-refractivity contribution in [2.45, 2.75) is 31.2 Å². The number of nitrogens with zero attached hydrogens (tertiary/aromatic N) is 3. The van der Waals surface area contributed by atoms with Gasteiger partial charge in [0.1, 0.15) is 0 Å². The molecule has 144 valence electrons. The molecule has 13 heteroatoms. The Kier molecular flexibility index (Phi) is 9.86. The fraction of sp³-hybridized carbons (Fsp3) is 0.667. The number of nitrogens with one attached hydrogen (secondary N) is 1. The van der Waals surface area contributed by atoms with Crippen LogP contribution in [0, 0.1) is 0 Å². The number of anilines is 3. The number of carbonyl (C=O) groups excluding carboxylic acids is 1. The Morgan fingerprint density at radius 2 is 1.80 bits per heavy atom. The molecular formula is C12H23ClF2N8O2. The maximum absolute atomic E-state index is 13.0. The normalized spacial score (nSPS) is 13.0. The van der Waals surface area contributed by atoms with E-state index in [0.717, 1.165) is 0 Å². The van der Waals surface area contributed by atoms with E-state index in [9.17, 15) is 13.6 Å². The van der Waals surface area contributed by atoms with Crippen LogP contribution in [0.2, 0.25) is 0 Å². The lowest BCUT2D eigenvalue weighted by molar-refractivity contribution is -0.157. The van der Waals surface area contributed by atoms with Crippen LogP contribution in [-0.2, 0) is 9.53 Å². The monoisotopic (exact) mass is 384 g/mol. The van der Waals surface area contributed by atoms with Gasteiger partial charge in [-0.1, -0.05) is 0 Å². The van der Waals surface area contributed by atoms with Crippen LogP contribution in [0.3, 0.4) is 0 Å². The SMILES string of the molecule is Cl.NCCCC(N)(C(=O)OCCCNc1nc(N)nc(N)n1)C(F)F.